The van der Waals surface area contributed by atoms with Gasteiger partial charge in [-0.25, -0.2) is 0 Å². The minimum absolute atomic E-state index is 0.0387. The number of hydrogen-bond donors (Lipinski definition) is 2. The zero-order chi connectivity index (χ0) is 12.7. The molecule has 0 aromatic carbocycles. The fourth-order valence-electron chi connectivity index (χ4n) is 1.24. The van der Waals surface area contributed by atoms with Gasteiger partial charge in [-0.3, -0.25) is 9.59 Å². The third-order valence-corrected chi connectivity index (χ3v) is 3.38. The van der Waals surface area contributed by atoms with Gasteiger partial charge in [-0.05, 0) is 25.4 Å². The van der Waals surface area contributed by atoms with E-state index in [-0.39, 0.29) is 30.6 Å². The lowest BCUT2D eigenvalue weighted by molar-refractivity contribution is -0.121. The Hall–Kier alpha value is -1.20. The smallest absolute Gasteiger partial charge is 0.220 e. The first-order valence-corrected chi connectivity index (χ1v) is 6.52. The van der Waals surface area contributed by atoms with E-state index in [1.54, 1.807) is 6.07 Å². The van der Waals surface area contributed by atoms with Crippen molar-refractivity contribution in [3.05, 3.63) is 22.4 Å². The number of thiophene rings is 1. The number of Topliss-reactive ketones (excluding diaryl/α,β-unsaturated/α-hetero) is 1. The number of rotatable bonds is 7. The first-order valence-electron chi connectivity index (χ1n) is 5.64. The van der Waals surface area contributed by atoms with Crippen LogP contribution in [0.4, 0.5) is 0 Å². The van der Waals surface area contributed by atoms with Crippen LogP contribution < -0.4 is 10.6 Å². The topological polar surface area (TPSA) is 58.2 Å². The first-order chi connectivity index (χ1) is 8.13. The van der Waals surface area contributed by atoms with Gasteiger partial charge in [0.25, 0.3) is 0 Å². The van der Waals surface area contributed by atoms with E-state index in [2.05, 4.69) is 10.6 Å². The van der Waals surface area contributed by atoms with Crippen molar-refractivity contribution in [1.29, 1.82) is 0 Å². The van der Waals surface area contributed by atoms with Gasteiger partial charge in [-0.15, -0.1) is 11.3 Å². The lowest BCUT2D eigenvalue weighted by atomic mass is 10.2. The summed E-state index contributed by atoms with van der Waals surface area (Å²) in [5.74, 6) is -0.0335. The summed E-state index contributed by atoms with van der Waals surface area (Å²) in [6.45, 7) is 2.57. The minimum atomic E-state index is -0.0722. The molecule has 0 saturated heterocycles. The van der Waals surface area contributed by atoms with Crippen LogP contribution in [0.15, 0.2) is 17.5 Å². The highest BCUT2D eigenvalue weighted by Gasteiger charge is 2.10. The Morgan fingerprint density at radius 1 is 1.41 bits per heavy atom. The minimum Gasteiger partial charge on any atom is -0.355 e. The van der Waals surface area contributed by atoms with Crippen molar-refractivity contribution >= 4 is 23.0 Å². The van der Waals surface area contributed by atoms with E-state index in [4.69, 9.17) is 0 Å². The molecule has 0 bridgehead atoms. The second-order valence-electron chi connectivity index (χ2n) is 3.89. The molecule has 2 N–H and O–H groups in total. The molecule has 0 aliphatic heterocycles. The first kappa shape index (κ1) is 13.9. The molecule has 1 rings (SSSR count). The van der Waals surface area contributed by atoms with Gasteiger partial charge in [0.2, 0.25) is 5.91 Å². The predicted octanol–water partition coefficient (Wildman–Crippen LogP) is 1.44. The zero-order valence-corrected chi connectivity index (χ0v) is 11.0. The van der Waals surface area contributed by atoms with Crippen LogP contribution in [0.25, 0.3) is 0 Å². The molecule has 0 fully saturated rings. The van der Waals surface area contributed by atoms with Gasteiger partial charge in [-0.1, -0.05) is 6.07 Å². The van der Waals surface area contributed by atoms with E-state index in [0.717, 1.165) is 4.88 Å². The average molecular weight is 254 g/mol. The van der Waals surface area contributed by atoms with Crippen molar-refractivity contribution < 1.29 is 9.59 Å². The largest absolute Gasteiger partial charge is 0.355 e. The highest BCUT2D eigenvalue weighted by molar-refractivity contribution is 7.12. The molecule has 1 aromatic heterocycles. The van der Waals surface area contributed by atoms with Crippen LogP contribution >= 0.6 is 11.3 Å². The maximum absolute atomic E-state index is 11.6. The molecule has 1 amide bonds. The van der Waals surface area contributed by atoms with Gasteiger partial charge >= 0.3 is 0 Å². The Labute approximate surface area is 105 Å². The molecule has 1 heterocycles. The second-order valence-corrected chi connectivity index (χ2v) is 4.84. The highest BCUT2D eigenvalue weighted by atomic mass is 32.1. The number of amides is 1. The maximum Gasteiger partial charge on any atom is 0.220 e. The Kier molecular flexibility index (Phi) is 5.86. The van der Waals surface area contributed by atoms with Crippen LogP contribution in [-0.4, -0.2) is 31.3 Å². The van der Waals surface area contributed by atoms with Gasteiger partial charge in [-0.2, -0.15) is 0 Å². The normalized spacial score (nSPS) is 12.1. The molecule has 1 aromatic rings. The van der Waals surface area contributed by atoms with Gasteiger partial charge < -0.3 is 10.6 Å². The van der Waals surface area contributed by atoms with Crippen LogP contribution in [-0.2, 0) is 4.79 Å². The van der Waals surface area contributed by atoms with Crippen LogP contribution in [0.1, 0.15) is 29.4 Å². The molecule has 0 saturated carbocycles. The predicted molar refractivity (Wildman–Crippen MR) is 69.4 cm³/mol. The third kappa shape index (κ3) is 5.10. The zero-order valence-electron chi connectivity index (χ0n) is 10.2. The monoisotopic (exact) mass is 254 g/mol. The molecule has 1 atom stereocenters. The van der Waals surface area contributed by atoms with Crippen LogP contribution in [0.2, 0.25) is 0 Å². The Morgan fingerprint density at radius 2 is 2.18 bits per heavy atom. The van der Waals surface area contributed by atoms with Crippen molar-refractivity contribution in [2.75, 3.05) is 13.6 Å². The van der Waals surface area contributed by atoms with Crippen LogP contribution in [0.3, 0.4) is 0 Å². The van der Waals surface area contributed by atoms with E-state index in [0.29, 0.717) is 6.54 Å². The molecule has 0 spiro atoms. The maximum atomic E-state index is 11.6. The summed E-state index contributed by atoms with van der Waals surface area (Å²) in [6, 6.07) is 3.87. The van der Waals surface area contributed by atoms with Gasteiger partial charge in [0.15, 0.2) is 5.78 Å². The average Bonchev–Trinajstić information content (AvgIpc) is 2.86. The number of hydrogen-bond acceptors (Lipinski definition) is 4. The van der Waals surface area contributed by atoms with E-state index in [1.165, 1.54) is 11.3 Å². The SMILES string of the molecule is CNC(C)CNC(=O)CCC(=O)c1cccs1. The highest BCUT2D eigenvalue weighted by Crippen LogP contribution is 2.12. The number of nitrogens with one attached hydrogen (secondary N) is 2. The fourth-order valence-corrected chi connectivity index (χ4v) is 1.94. The third-order valence-electron chi connectivity index (χ3n) is 2.47. The number of ketones is 1. The Bertz CT molecular complexity index is 363. The molecule has 0 radical (unpaired) electrons. The van der Waals surface area contributed by atoms with Gasteiger partial charge in [0.05, 0.1) is 4.88 Å². The van der Waals surface area contributed by atoms with E-state index in [9.17, 15) is 9.59 Å². The van der Waals surface area contributed by atoms with E-state index in [1.807, 2.05) is 25.4 Å². The lowest BCUT2D eigenvalue weighted by Gasteiger charge is -2.10. The summed E-state index contributed by atoms with van der Waals surface area (Å²) < 4.78 is 0. The number of carbonyl (C=O) groups excluding carboxylic acids is 2. The van der Waals surface area contributed by atoms with Crippen molar-refractivity contribution in [1.82, 2.24) is 10.6 Å². The summed E-state index contributed by atoms with van der Waals surface area (Å²) in [4.78, 5) is 23.8. The fraction of sp³-hybridized carbons (Fsp3) is 0.500. The van der Waals surface area contributed by atoms with Crippen molar-refractivity contribution in [2.45, 2.75) is 25.8 Å². The summed E-state index contributed by atoms with van der Waals surface area (Å²) in [7, 11) is 1.84. The molecule has 17 heavy (non-hydrogen) atoms. The van der Waals surface area contributed by atoms with Crippen LogP contribution in [0, 0.1) is 0 Å². The van der Waals surface area contributed by atoms with Gasteiger partial charge in [0.1, 0.15) is 0 Å². The molecular weight excluding hydrogens is 236 g/mol. The summed E-state index contributed by atoms with van der Waals surface area (Å²) in [5, 5.41) is 7.67. The number of carbonyl (C=O) groups is 2. The summed E-state index contributed by atoms with van der Waals surface area (Å²) in [6.07, 6.45) is 0.535. The number of likely N-dealkylation sites (N-methyl/N-ethyl adjacent to an activating group) is 1. The molecule has 0 aliphatic carbocycles. The Morgan fingerprint density at radius 3 is 2.76 bits per heavy atom. The van der Waals surface area contributed by atoms with E-state index < -0.39 is 0 Å². The van der Waals surface area contributed by atoms with Crippen molar-refractivity contribution in [3.8, 4) is 0 Å². The van der Waals surface area contributed by atoms with Crippen molar-refractivity contribution in [2.24, 2.45) is 0 Å². The Balaban J connectivity index is 2.22. The summed E-state index contributed by atoms with van der Waals surface area (Å²) >= 11 is 1.41. The van der Waals surface area contributed by atoms with E-state index >= 15 is 0 Å². The molecular formula is C12H18N2O2S. The molecule has 1 unspecified atom stereocenters. The molecule has 0 aliphatic rings. The molecule has 5 heteroatoms. The molecule has 94 valence electrons. The molecule has 4 nitrogen and oxygen atoms in total. The summed E-state index contributed by atoms with van der Waals surface area (Å²) in [5.41, 5.74) is 0. The van der Waals surface area contributed by atoms with Crippen molar-refractivity contribution in [3.63, 3.8) is 0 Å². The second kappa shape index (κ2) is 7.19. The lowest BCUT2D eigenvalue weighted by Crippen LogP contribution is -2.37. The van der Waals surface area contributed by atoms with Gasteiger partial charge in [0, 0.05) is 25.4 Å². The van der Waals surface area contributed by atoms with Crippen LogP contribution in [0.5, 0.6) is 0 Å². The quantitative estimate of drug-likeness (QED) is 0.724. The standard InChI is InChI=1S/C12H18N2O2S/c1-9(13-2)8-14-12(16)6-5-10(15)11-4-3-7-17-11/h3-4,7,9,13H,5-6,8H2,1-2H3,(H,14,16).